The van der Waals surface area contributed by atoms with Crippen LogP contribution in [0.25, 0.3) is 6.08 Å². The van der Waals surface area contributed by atoms with Gasteiger partial charge in [0.05, 0.1) is 11.6 Å². The predicted octanol–water partition coefficient (Wildman–Crippen LogP) is 2.53. The monoisotopic (exact) mass is 325 g/mol. The lowest BCUT2D eigenvalue weighted by Crippen LogP contribution is -2.59. The number of carbonyl (C=O) groups excluding carboxylic acids is 2. The molecule has 1 saturated carbocycles. The molecular formula is C19H23N3O2. The Morgan fingerprint density at radius 2 is 1.88 bits per heavy atom. The first-order valence-electron chi connectivity index (χ1n) is 8.38. The molecule has 2 N–H and O–H groups in total. The van der Waals surface area contributed by atoms with E-state index in [4.69, 9.17) is 5.26 Å². The summed E-state index contributed by atoms with van der Waals surface area (Å²) in [4.78, 5) is 24.7. The lowest BCUT2D eigenvalue weighted by molar-refractivity contribution is -0.133. The number of benzene rings is 1. The van der Waals surface area contributed by atoms with Gasteiger partial charge in [0.1, 0.15) is 5.54 Å². The van der Waals surface area contributed by atoms with Crippen LogP contribution in [0, 0.1) is 11.3 Å². The molecule has 0 unspecified atom stereocenters. The highest BCUT2D eigenvalue weighted by atomic mass is 16.2. The van der Waals surface area contributed by atoms with Gasteiger partial charge in [0.25, 0.3) is 0 Å². The molecule has 0 saturated heterocycles. The summed E-state index contributed by atoms with van der Waals surface area (Å²) >= 11 is 0. The van der Waals surface area contributed by atoms with Gasteiger partial charge < -0.3 is 10.6 Å². The van der Waals surface area contributed by atoms with Crippen molar-refractivity contribution in [2.45, 2.75) is 44.6 Å². The Bertz CT molecular complexity index is 650. The third-order valence-corrected chi connectivity index (χ3v) is 4.31. The van der Waals surface area contributed by atoms with Crippen LogP contribution in [0.2, 0.25) is 0 Å². The molecule has 0 spiro atoms. The molecule has 126 valence electrons. The molecule has 1 aromatic rings. The first-order valence-corrected chi connectivity index (χ1v) is 8.38. The predicted molar refractivity (Wildman–Crippen MR) is 92.8 cm³/mol. The third kappa shape index (κ3) is 4.45. The van der Waals surface area contributed by atoms with Crippen molar-refractivity contribution in [1.82, 2.24) is 10.6 Å². The largest absolute Gasteiger partial charge is 0.354 e. The second-order valence-corrected chi connectivity index (χ2v) is 6.06. The summed E-state index contributed by atoms with van der Waals surface area (Å²) in [6.45, 7) is 2.43. The van der Waals surface area contributed by atoms with Crippen LogP contribution in [0.5, 0.6) is 0 Å². The third-order valence-electron chi connectivity index (χ3n) is 4.31. The number of nitrogens with zero attached hydrogens (tertiary/aromatic N) is 1. The highest BCUT2D eigenvalue weighted by molar-refractivity contribution is 5.97. The molecule has 0 bridgehead atoms. The van der Waals surface area contributed by atoms with Crippen molar-refractivity contribution in [3.63, 3.8) is 0 Å². The van der Waals surface area contributed by atoms with E-state index in [-0.39, 0.29) is 11.8 Å². The molecule has 1 fully saturated rings. The summed E-state index contributed by atoms with van der Waals surface area (Å²) in [7, 11) is 0. The second kappa shape index (κ2) is 8.30. The van der Waals surface area contributed by atoms with Crippen molar-refractivity contribution in [3.05, 3.63) is 41.5 Å². The second-order valence-electron chi connectivity index (χ2n) is 6.06. The highest BCUT2D eigenvalue weighted by Gasteiger charge is 2.40. The smallest absolute Gasteiger partial charge is 0.245 e. The number of likely N-dealkylation sites (N-methyl/N-ethyl adjacent to an activating group) is 1. The summed E-state index contributed by atoms with van der Waals surface area (Å²) in [5, 5.41) is 14.5. The van der Waals surface area contributed by atoms with E-state index in [1.165, 1.54) is 6.08 Å². The minimum absolute atomic E-state index is 0.0928. The molecule has 0 heterocycles. The lowest BCUT2D eigenvalue weighted by atomic mass is 9.80. The van der Waals surface area contributed by atoms with Crippen molar-refractivity contribution in [3.8, 4) is 6.07 Å². The fourth-order valence-electron chi connectivity index (χ4n) is 3.01. The van der Waals surface area contributed by atoms with Gasteiger partial charge in [0.2, 0.25) is 11.8 Å². The van der Waals surface area contributed by atoms with Crippen LogP contribution in [0.15, 0.2) is 30.3 Å². The van der Waals surface area contributed by atoms with Crippen molar-refractivity contribution in [2.24, 2.45) is 0 Å². The Morgan fingerprint density at radius 3 is 2.46 bits per heavy atom. The molecular weight excluding hydrogens is 302 g/mol. The lowest BCUT2D eigenvalue weighted by Gasteiger charge is -2.36. The molecule has 1 aliphatic carbocycles. The van der Waals surface area contributed by atoms with E-state index in [9.17, 15) is 9.59 Å². The van der Waals surface area contributed by atoms with E-state index < -0.39 is 5.54 Å². The van der Waals surface area contributed by atoms with Crippen molar-refractivity contribution in [1.29, 1.82) is 5.26 Å². The van der Waals surface area contributed by atoms with Crippen LogP contribution in [-0.2, 0) is 9.59 Å². The normalized spacial score (nSPS) is 16.3. The number of nitrogens with one attached hydrogen (secondary N) is 2. The molecule has 1 aliphatic rings. The van der Waals surface area contributed by atoms with Gasteiger partial charge in [-0.3, -0.25) is 9.59 Å². The van der Waals surface area contributed by atoms with Gasteiger partial charge in [-0.25, -0.2) is 0 Å². The number of hydrogen-bond acceptors (Lipinski definition) is 3. The summed E-state index contributed by atoms with van der Waals surface area (Å²) in [5.74, 6) is -0.364. The summed E-state index contributed by atoms with van der Waals surface area (Å²) in [6, 6.07) is 9.02. The Labute approximate surface area is 142 Å². The Balaban J connectivity index is 2.05. The molecule has 0 atom stereocenters. The maximum atomic E-state index is 12.4. The molecule has 0 aromatic heterocycles. The first kappa shape index (κ1) is 17.7. The van der Waals surface area contributed by atoms with Crippen LogP contribution < -0.4 is 10.6 Å². The van der Waals surface area contributed by atoms with Gasteiger partial charge >= 0.3 is 0 Å². The Hall–Kier alpha value is -2.61. The summed E-state index contributed by atoms with van der Waals surface area (Å²) < 4.78 is 0. The fraction of sp³-hybridized carbons (Fsp3) is 0.421. The molecule has 24 heavy (non-hydrogen) atoms. The zero-order valence-corrected chi connectivity index (χ0v) is 14.0. The molecule has 1 aromatic carbocycles. The number of hydrogen-bond donors (Lipinski definition) is 2. The van der Waals surface area contributed by atoms with Crippen molar-refractivity contribution in [2.75, 3.05) is 6.54 Å². The quantitative estimate of drug-likeness (QED) is 0.816. The first-order chi connectivity index (χ1) is 11.6. The van der Waals surface area contributed by atoms with Crippen LogP contribution in [0.4, 0.5) is 0 Å². The van der Waals surface area contributed by atoms with Crippen LogP contribution >= 0.6 is 0 Å². The average Bonchev–Trinajstić information content (AvgIpc) is 2.61. The van der Waals surface area contributed by atoms with E-state index in [1.54, 1.807) is 30.3 Å². The zero-order valence-electron chi connectivity index (χ0n) is 14.0. The Morgan fingerprint density at radius 1 is 1.21 bits per heavy atom. The van der Waals surface area contributed by atoms with Gasteiger partial charge in [-0.1, -0.05) is 31.4 Å². The van der Waals surface area contributed by atoms with Gasteiger partial charge in [-0.15, -0.1) is 0 Å². The molecule has 5 nitrogen and oxygen atoms in total. The van der Waals surface area contributed by atoms with Gasteiger partial charge in [-0.05, 0) is 43.5 Å². The number of nitriles is 1. The average molecular weight is 325 g/mol. The minimum atomic E-state index is -0.791. The van der Waals surface area contributed by atoms with Gasteiger partial charge in [0.15, 0.2) is 0 Å². The maximum Gasteiger partial charge on any atom is 0.245 e. The van der Waals surface area contributed by atoms with Crippen molar-refractivity contribution < 1.29 is 9.59 Å². The molecule has 0 radical (unpaired) electrons. The number of rotatable bonds is 5. The SMILES string of the molecule is CCNC(=O)C1(NC(=O)/C=C\c2ccc(C#N)cc2)CCCCC1. The topological polar surface area (TPSA) is 82.0 Å². The fourth-order valence-corrected chi connectivity index (χ4v) is 3.01. The van der Waals surface area contributed by atoms with E-state index in [0.29, 0.717) is 24.9 Å². The molecule has 2 rings (SSSR count). The summed E-state index contributed by atoms with van der Waals surface area (Å²) in [5.41, 5.74) is 0.620. The summed E-state index contributed by atoms with van der Waals surface area (Å²) in [6.07, 6.45) is 7.46. The van der Waals surface area contributed by atoms with Crippen molar-refractivity contribution >= 4 is 17.9 Å². The van der Waals surface area contributed by atoms with E-state index in [2.05, 4.69) is 16.7 Å². The standard InChI is InChI=1S/C19H23N3O2/c1-2-21-18(24)19(12-4-3-5-13-19)22-17(23)11-10-15-6-8-16(14-20)9-7-15/h6-11H,2-5,12-13H2,1H3,(H,21,24)(H,22,23)/b11-10-. The number of amides is 2. The van der Waals surface area contributed by atoms with Gasteiger partial charge in [0, 0.05) is 12.6 Å². The van der Waals surface area contributed by atoms with E-state index in [0.717, 1.165) is 24.8 Å². The highest BCUT2D eigenvalue weighted by Crippen LogP contribution is 2.28. The maximum absolute atomic E-state index is 12.4. The molecule has 0 aliphatic heterocycles. The van der Waals surface area contributed by atoms with Crippen LogP contribution in [-0.4, -0.2) is 23.9 Å². The van der Waals surface area contributed by atoms with Crippen LogP contribution in [0.3, 0.4) is 0 Å². The van der Waals surface area contributed by atoms with E-state index in [1.807, 2.05) is 6.92 Å². The van der Waals surface area contributed by atoms with Crippen LogP contribution in [0.1, 0.15) is 50.2 Å². The minimum Gasteiger partial charge on any atom is -0.354 e. The van der Waals surface area contributed by atoms with E-state index >= 15 is 0 Å². The van der Waals surface area contributed by atoms with Gasteiger partial charge in [-0.2, -0.15) is 5.26 Å². The Kier molecular flexibility index (Phi) is 6.14. The molecule has 2 amide bonds. The number of carbonyl (C=O) groups is 2. The zero-order chi connectivity index (χ0) is 17.4. The molecule has 5 heteroatoms.